The Morgan fingerprint density at radius 3 is 2.52 bits per heavy atom. The molecule has 1 heterocycles. The minimum Gasteiger partial charge on any atom is -0.396 e. The van der Waals surface area contributed by atoms with Crippen LogP contribution in [0.2, 0.25) is 0 Å². The summed E-state index contributed by atoms with van der Waals surface area (Å²) in [5.41, 5.74) is 1.17. The zero-order valence-corrected chi connectivity index (χ0v) is 13.9. The van der Waals surface area contributed by atoms with Gasteiger partial charge in [0.1, 0.15) is 10.9 Å². The Bertz CT molecular complexity index is 564. The third-order valence-corrected chi connectivity index (χ3v) is 4.54. The number of aromatic nitrogens is 2. The third kappa shape index (κ3) is 3.89. The van der Waals surface area contributed by atoms with Crippen LogP contribution in [0.15, 0.2) is 40.3 Å². The Balaban J connectivity index is 2.38. The van der Waals surface area contributed by atoms with E-state index in [1.165, 1.54) is 15.6 Å². The molecule has 21 heavy (non-hydrogen) atoms. The second-order valence-electron chi connectivity index (χ2n) is 5.36. The van der Waals surface area contributed by atoms with Gasteiger partial charge in [0.2, 0.25) is 0 Å². The first-order chi connectivity index (χ1) is 10.2. The van der Waals surface area contributed by atoms with Crippen LogP contribution in [0.25, 0.3) is 0 Å². The van der Waals surface area contributed by atoms with Crippen molar-refractivity contribution in [2.75, 3.05) is 6.61 Å². The van der Waals surface area contributed by atoms with Gasteiger partial charge in [0.05, 0.1) is 5.69 Å². The summed E-state index contributed by atoms with van der Waals surface area (Å²) in [5.74, 6) is 1.49. The summed E-state index contributed by atoms with van der Waals surface area (Å²) in [6.07, 6.45) is 1.60. The van der Waals surface area contributed by atoms with Crippen molar-refractivity contribution >= 4 is 11.8 Å². The molecule has 0 spiro atoms. The zero-order valence-electron chi connectivity index (χ0n) is 13.0. The highest BCUT2D eigenvalue weighted by molar-refractivity contribution is 7.99. The Labute approximate surface area is 131 Å². The van der Waals surface area contributed by atoms with Crippen LogP contribution >= 0.6 is 11.8 Å². The molecule has 0 bridgehead atoms. The van der Waals surface area contributed by atoms with Crippen molar-refractivity contribution in [2.24, 2.45) is 0 Å². The van der Waals surface area contributed by atoms with Crippen LogP contribution < -0.4 is 0 Å². The van der Waals surface area contributed by atoms with E-state index in [4.69, 9.17) is 10.1 Å². The van der Waals surface area contributed by atoms with Crippen LogP contribution in [0.3, 0.4) is 0 Å². The standard InChI is InChI=1S/C17H24N2OS/c1-4-19-15(11-8-12-20)18-16(13(2)3)17(19)21-14-9-6-5-7-10-14/h5-7,9-10,13,20H,4,8,11-12H2,1-3H3. The van der Waals surface area contributed by atoms with E-state index < -0.39 is 0 Å². The van der Waals surface area contributed by atoms with Gasteiger partial charge < -0.3 is 9.67 Å². The molecule has 0 saturated heterocycles. The fraction of sp³-hybridized carbons (Fsp3) is 0.471. The van der Waals surface area contributed by atoms with Crippen LogP contribution in [0, 0.1) is 0 Å². The SMILES string of the molecule is CCn1c(CCCO)nc(C(C)C)c1Sc1ccccc1. The number of nitrogens with zero attached hydrogens (tertiary/aromatic N) is 2. The molecule has 4 heteroatoms. The Hall–Kier alpha value is -1.26. The number of rotatable bonds is 7. The van der Waals surface area contributed by atoms with E-state index in [1.54, 1.807) is 11.8 Å². The van der Waals surface area contributed by atoms with Crippen molar-refractivity contribution in [1.82, 2.24) is 9.55 Å². The number of aryl methyl sites for hydroxylation is 1. The molecule has 0 unspecified atom stereocenters. The van der Waals surface area contributed by atoms with Crippen molar-refractivity contribution in [3.63, 3.8) is 0 Å². The topological polar surface area (TPSA) is 38.0 Å². The first kappa shape index (κ1) is 16.1. The summed E-state index contributed by atoms with van der Waals surface area (Å²) < 4.78 is 2.29. The molecule has 0 aliphatic carbocycles. The van der Waals surface area contributed by atoms with Gasteiger partial charge in [-0.1, -0.05) is 43.8 Å². The molecular weight excluding hydrogens is 280 g/mol. The lowest BCUT2D eigenvalue weighted by Crippen LogP contribution is -2.04. The Morgan fingerprint density at radius 1 is 1.24 bits per heavy atom. The summed E-state index contributed by atoms with van der Waals surface area (Å²) in [6.45, 7) is 7.66. The molecule has 1 aromatic carbocycles. The van der Waals surface area contributed by atoms with Crippen LogP contribution in [0.1, 0.15) is 44.6 Å². The largest absolute Gasteiger partial charge is 0.396 e. The monoisotopic (exact) mass is 304 g/mol. The first-order valence-electron chi connectivity index (χ1n) is 7.60. The van der Waals surface area contributed by atoms with E-state index in [2.05, 4.69) is 49.6 Å². The average molecular weight is 304 g/mol. The van der Waals surface area contributed by atoms with Gasteiger partial charge in [0.15, 0.2) is 0 Å². The van der Waals surface area contributed by atoms with E-state index in [9.17, 15) is 0 Å². The van der Waals surface area contributed by atoms with Gasteiger partial charge in [-0.15, -0.1) is 0 Å². The Morgan fingerprint density at radius 2 is 1.95 bits per heavy atom. The van der Waals surface area contributed by atoms with E-state index >= 15 is 0 Å². The number of hydrogen-bond acceptors (Lipinski definition) is 3. The fourth-order valence-electron chi connectivity index (χ4n) is 2.34. The molecule has 0 aliphatic rings. The Kier molecular flexibility index (Phi) is 5.88. The highest BCUT2D eigenvalue weighted by Gasteiger charge is 2.19. The molecule has 0 radical (unpaired) electrons. The molecule has 0 saturated carbocycles. The van der Waals surface area contributed by atoms with Gasteiger partial charge in [-0.05, 0) is 31.4 Å². The lowest BCUT2D eigenvalue weighted by molar-refractivity contribution is 0.286. The van der Waals surface area contributed by atoms with Crippen LogP contribution in [0.4, 0.5) is 0 Å². The summed E-state index contributed by atoms with van der Waals surface area (Å²) in [6, 6.07) is 10.4. The van der Waals surface area contributed by atoms with Gasteiger partial charge in [-0.3, -0.25) is 0 Å². The van der Waals surface area contributed by atoms with E-state index in [-0.39, 0.29) is 6.61 Å². The number of aliphatic hydroxyl groups excluding tert-OH is 1. The maximum absolute atomic E-state index is 9.07. The fourth-order valence-corrected chi connectivity index (χ4v) is 3.59. The van der Waals surface area contributed by atoms with Crippen molar-refractivity contribution < 1.29 is 5.11 Å². The molecule has 0 atom stereocenters. The maximum atomic E-state index is 9.07. The maximum Gasteiger partial charge on any atom is 0.109 e. The second kappa shape index (κ2) is 7.66. The summed E-state index contributed by atoms with van der Waals surface area (Å²) in [7, 11) is 0. The molecular formula is C17H24N2OS. The quantitative estimate of drug-likeness (QED) is 0.837. The van der Waals surface area contributed by atoms with E-state index in [0.717, 1.165) is 25.2 Å². The predicted octanol–water partition coefficient (Wildman–Crippen LogP) is 4.10. The molecule has 2 rings (SSSR count). The third-order valence-electron chi connectivity index (χ3n) is 3.40. The number of hydrogen-bond donors (Lipinski definition) is 1. The molecule has 0 fully saturated rings. The molecule has 0 aliphatic heterocycles. The van der Waals surface area contributed by atoms with Crippen molar-refractivity contribution in [3.8, 4) is 0 Å². The van der Waals surface area contributed by atoms with Gasteiger partial charge in [-0.25, -0.2) is 4.98 Å². The highest BCUT2D eigenvalue weighted by Crippen LogP contribution is 2.34. The van der Waals surface area contributed by atoms with Crippen LogP contribution in [-0.2, 0) is 13.0 Å². The molecule has 2 aromatic rings. The van der Waals surface area contributed by atoms with Gasteiger partial charge in [0, 0.05) is 24.5 Å². The molecule has 1 N–H and O–H groups in total. The van der Waals surface area contributed by atoms with Crippen molar-refractivity contribution in [1.29, 1.82) is 0 Å². The van der Waals surface area contributed by atoms with E-state index in [1.807, 2.05) is 6.07 Å². The summed E-state index contributed by atoms with van der Waals surface area (Å²) >= 11 is 1.79. The molecule has 114 valence electrons. The van der Waals surface area contributed by atoms with Crippen molar-refractivity contribution in [2.45, 2.75) is 56.0 Å². The highest BCUT2D eigenvalue weighted by atomic mass is 32.2. The normalized spacial score (nSPS) is 11.3. The number of aliphatic hydroxyl groups is 1. The summed E-state index contributed by atoms with van der Waals surface area (Å²) in [4.78, 5) is 6.08. The lowest BCUT2D eigenvalue weighted by Gasteiger charge is -2.11. The minimum absolute atomic E-state index is 0.217. The molecule has 3 nitrogen and oxygen atoms in total. The molecule has 0 amide bonds. The number of imidazole rings is 1. The zero-order chi connectivity index (χ0) is 15.2. The summed E-state index contributed by atoms with van der Waals surface area (Å²) in [5, 5.41) is 10.3. The van der Waals surface area contributed by atoms with Crippen LogP contribution in [0.5, 0.6) is 0 Å². The number of benzene rings is 1. The van der Waals surface area contributed by atoms with Crippen LogP contribution in [-0.4, -0.2) is 21.3 Å². The van der Waals surface area contributed by atoms with Gasteiger partial charge in [-0.2, -0.15) is 0 Å². The minimum atomic E-state index is 0.217. The lowest BCUT2D eigenvalue weighted by atomic mass is 10.1. The smallest absolute Gasteiger partial charge is 0.109 e. The average Bonchev–Trinajstić information content (AvgIpc) is 2.84. The second-order valence-corrected chi connectivity index (χ2v) is 6.42. The van der Waals surface area contributed by atoms with Crippen molar-refractivity contribution in [3.05, 3.63) is 41.9 Å². The van der Waals surface area contributed by atoms with Gasteiger partial charge in [0.25, 0.3) is 0 Å². The first-order valence-corrected chi connectivity index (χ1v) is 8.42. The van der Waals surface area contributed by atoms with E-state index in [0.29, 0.717) is 5.92 Å². The van der Waals surface area contributed by atoms with Gasteiger partial charge >= 0.3 is 0 Å². The molecule has 1 aromatic heterocycles. The predicted molar refractivity (Wildman–Crippen MR) is 88.0 cm³/mol.